The van der Waals surface area contributed by atoms with E-state index in [-0.39, 0.29) is 0 Å². The molecule has 1 aromatic carbocycles. The van der Waals surface area contributed by atoms with Crippen LogP contribution in [0.15, 0.2) is 30.3 Å². The van der Waals surface area contributed by atoms with Crippen LogP contribution < -0.4 is 5.32 Å². The van der Waals surface area contributed by atoms with E-state index in [9.17, 15) is 0 Å². The molecule has 94 valence electrons. The first-order valence-electron chi connectivity index (χ1n) is 6.98. The number of nitrogens with one attached hydrogen (secondary N) is 1. The molecule has 0 aliphatic heterocycles. The van der Waals surface area contributed by atoms with Crippen LogP contribution in [0.5, 0.6) is 0 Å². The first kappa shape index (κ1) is 12.6. The summed E-state index contributed by atoms with van der Waals surface area (Å²) in [5.74, 6) is 0. The average Bonchev–Trinajstić information content (AvgIpc) is 3.09. The number of rotatable bonds is 7. The predicted octanol–water partition coefficient (Wildman–Crippen LogP) is 3.79. The standard InChI is InChI=1S/C16H25N/c1-14(2)17-13-16(11-12-16)10-6-9-15-7-4-3-5-8-15/h3-5,7-8,14,17H,6,9-13H2,1-2H3. The van der Waals surface area contributed by atoms with Crippen LogP contribution >= 0.6 is 0 Å². The molecule has 0 amide bonds. The van der Waals surface area contributed by atoms with E-state index in [0.717, 1.165) is 0 Å². The lowest BCUT2D eigenvalue weighted by Gasteiger charge is -2.17. The molecule has 0 radical (unpaired) electrons. The van der Waals surface area contributed by atoms with E-state index < -0.39 is 0 Å². The number of aryl methyl sites for hydroxylation is 1. The molecular formula is C16H25N. The molecule has 1 saturated carbocycles. The van der Waals surface area contributed by atoms with Gasteiger partial charge < -0.3 is 5.32 Å². The van der Waals surface area contributed by atoms with E-state index in [1.54, 1.807) is 0 Å². The molecule has 1 aliphatic carbocycles. The van der Waals surface area contributed by atoms with Gasteiger partial charge in [-0.3, -0.25) is 0 Å². The van der Waals surface area contributed by atoms with Crippen LogP contribution in [-0.4, -0.2) is 12.6 Å². The highest BCUT2D eigenvalue weighted by Crippen LogP contribution is 2.49. The lowest BCUT2D eigenvalue weighted by Crippen LogP contribution is -2.29. The lowest BCUT2D eigenvalue weighted by atomic mass is 9.96. The summed E-state index contributed by atoms with van der Waals surface area (Å²) in [4.78, 5) is 0. The van der Waals surface area contributed by atoms with Gasteiger partial charge in [0.15, 0.2) is 0 Å². The summed E-state index contributed by atoms with van der Waals surface area (Å²) in [6, 6.07) is 11.5. The Morgan fingerprint density at radius 2 is 1.88 bits per heavy atom. The normalized spacial score (nSPS) is 17.4. The second kappa shape index (κ2) is 5.68. The zero-order valence-corrected chi connectivity index (χ0v) is 11.2. The van der Waals surface area contributed by atoms with E-state index in [1.165, 1.54) is 44.2 Å². The highest BCUT2D eigenvalue weighted by molar-refractivity contribution is 5.14. The maximum absolute atomic E-state index is 3.60. The Hall–Kier alpha value is -0.820. The van der Waals surface area contributed by atoms with Crippen molar-refractivity contribution in [2.45, 2.75) is 52.0 Å². The van der Waals surface area contributed by atoms with E-state index >= 15 is 0 Å². The third-order valence-corrected chi connectivity index (χ3v) is 3.86. The fraction of sp³-hybridized carbons (Fsp3) is 0.625. The van der Waals surface area contributed by atoms with Crippen molar-refractivity contribution in [3.05, 3.63) is 35.9 Å². The minimum Gasteiger partial charge on any atom is -0.314 e. The number of hydrogen-bond donors (Lipinski definition) is 1. The fourth-order valence-electron chi connectivity index (χ4n) is 2.42. The maximum Gasteiger partial charge on any atom is 0.00106 e. The van der Waals surface area contributed by atoms with Gasteiger partial charge in [0.1, 0.15) is 0 Å². The quantitative estimate of drug-likeness (QED) is 0.753. The zero-order valence-electron chi connectivity index (χ0n) is 11.2. The average molecular weight is 231 g/mol. The van der Waals surface area contributed by atoms with E-state index in [1.807, 2.05) is 0 Å². The Bertz CT molecular complexity index is 325. The molecule has 0 aromatic heterocycles. The van der Waals surface area contributed by atoms with Crippen molar-refractivity contribution in [2.75, 3.05) is 6.54 Å². The third kappa shape index (κ3) is 4.16. The van der Waals surface area contributed by atoms with Crippen LogP contribution in [0.3, 0.4) is 0 Å². The van der Waals surface area contributed by atoms with Crippen molar-refractivity contribution < 1.29 is 0 Å². The SMILES string of the molecule is CC(C)NCC1(CCCc2ccccc2)CC1. The molecular weight excluding hydrogens is 206 g/mol. The Morgan fingerprint density at radius 1 is 1.18 bits per heavy atom. The molecule has 0 unspecified atom stereocenters. The van der Waals surface area contributed by atoms with Crippen molar-refractivity contribution in [1.29, 1.82) is 0 Å². The minimum absolute atomic E-state index is 0.626. The molecule has 0 atom stereocenters. The van der Waals surface area contributed by atoms with Gasteiger partial charge in [0.25, 0.3) is 0 Å². The highest BCUT2D eigenvalue weighted by Gasteiger charge is 2.41. The second-order valence-electron chi connectivity index (χ2n) is 5.87. The predicted molar refractivity (Wildman–Crippen MR) is 74.2 cm³/mol. The first-order valence-corrected chi connectivity index (χ1v) is 6.98. The summed E-state index contributed by atoms with van der Waals surface area (Å²) in [6.45, 7) is 5.69. The van der Waals surface area contributed by atoms with Gasteiger partial charge in [-0.1, -0.05) is 44.2 Å². The highest BCUT2D eigenvalue weighted by atomic mass is 14.9. The fourth-order valence-corrected chi connectivity index (χ4v) is 2.42. The van der Waals surface area contributed by atoms with Gasteiger partial charge in [-0.2, -0.15) is 0 Å². The van der Waals surface area contributed by atoms with Crippen molar-refractivity contribution in [2.24, 2.45) is 5.41 Å². The second-order valence-corrected chi connectivity index (χ2v) is 5.87. The van der Waals surface area contributed by atoms with Gasteiger partial charge in [0.05, 0.1) is 0 Å². The molecule has 0 heterocycles. The third-order valence-electron chi connectivity index (χ3n) is 3.86. The van der Waals surface area contributed by atoms with Crippen molar-refractivity contribution >= 4 is 0 Å². The molecule has 2 rings (SSSR count). The van der Waals surface area contributed by atoms with Gasteiger partial charge in [-0.25, -0.2) is 0 Å². The molecule has 0 bridgehead atoms. The summed E-state index contributed by atoms with van der Waals surface area (Å²) in [5.41, 5.74) is 2.14. The van der Waals surface area contributed by atoms with Crippen LogP contribution in [0.2, 0.25) is 0 Å². The van der Waals surface area contributed by atoms with Crippen LogP contribution in [0.25, 0.3) is 0 Å². The Kier molecular flexibility index (Phi) is 4.22. The van der Waals surface area contributed by atoms with Gasteiger partial charge in [0, 0.05) is 12.6 Å². The van der Waals surface area contributed by atoms with E-state index in [2.05, 4.69) is 49.5 Å². The summed E-state index contributed by atoms with van der Waals surface area (Å²) < 4.78 is 0. The summed E-state index contributed by atoms with van der Waals surface area (Å²) in [6.07, 6.45) is 6.83. The molecule has 1 N–H and O–H groups in total. The topological polar surface area (TPSA) is 12.0 Å². The van der Waals surface area contributed by atoms with Crippen molar-refractivity contribution in [3.63, 3.8) is 0 Å². The monoisotopic (exact) mass is 231 g/mol. The number of benzene rings is 1. The van der Waals surface area contributed by atoms with Gasteiger partial charge in [-0.05, 0) is 43.1 Å². The van der Waals surface area contributed by atoms with Crippen LogP contribution in [-0.2, 0) is 6.42 Å². The lowest BCUT2D eigenvalue weighted by molar-refractivity contribution is 0.395. The van der Waals surface area contributed by atoms with Gasteiger partial charge in [0.2, 0.25) is 0 Å². The smallest absolute Gasteiger partial charge is 0.00106 e. The largest absolute Gasteiger partial charge is 0.314 e. The summed E-state index contributed by atoms with van der Waals surface area (Å²) >= 11 is 0. The molecule has 1 heteroatoms. The maximum atomic E-state index is 3.60. The van der Waals surface area contributed by atoms with E-state index in [0.29, 0.717) is 11.5 Å². The van der Waals surface area contributed by atoms with Gasteiger partial charge >= 0.3 is 0 Å². The summed E-state index contributed by atoms with van der Waals surface area (Å²) in [5, 5.41) is 3.60. The molecule has 0 saturated heterocycles. The Morgan fingerprint density at radius 3 is 2.47 bits per heavy atom. The molecule has 0 spiro atoms. The molecule has 17 heavy (non-hydrogen) atoms. The first-order chi connectivity index (χ1) is 8.20. The number of hydrogen-bond acceptors (Lipinski definition) is 1. The summed E-state index contributed by atoms with van der Waals surface area (Å²) in [7, 11) is 0. The Labute approximate surface area is 106 Å². The van der Waals surface area contributed by atoms with Crippen LogP contribution in [0.4, 0.5) is 0 Å². The Balaban J connectivity index is 1.68. The van der Waals surface area contributed by atoms with Crippen molar-refractivity contribution in [1.82, 2.24) is 5.32 Å². The molecule has 1 nitrogen and oxygen atoms in total. The van der Waals surface area contributed by atoms with Gasteiger partial charge in [-0.15, -0.1) is 0 Å². The van der Waals surface area contributed by atoms with Crippen LogP contribution in [0, 0.1) is 5.41 Å². The minimum atomic E-state index is 0.626. The molecule has 1 fully saturated rings. The van der Waals surface area contributed by atoms with Crippen LogP contribution in [0.1, 0.15) is 45.1 Å². The molecule has 1 aromatic rings. The van der Waals surface area contributed by atoms with E-state index in [4.69, 9.17) is 0 Å². The molecule has 1 aliphatic rings. The zero-order chi connectivity index (χ0) is 12.1. The van der Waals surface area contributed by atoms with Crippen molar-refractivity contribution in [3.8, 4) is 0 Å².